The fourth-order valence-electron chi connectivity index (χ4n) is 15.4. The Kier molecular flexibility index (Phi) is 21.3. The van der Waals surface area contributed by atoms with E-state index in [0.717, 1.165) is 0 Å². The lowest BCUT2D eigenvalue weighted by atomic mass is 9.77. The third-order valence-corrected chi connectivity index (χ3v) is 29.1. The summed E-state index contributed by atoms with van der Waals surface area (Å²) in [6, 6.07) is 76.2. The number of para-hydroxylation sites is 16. The lowest BCUT2D eigenvalue weighted by Crippen LogP contribution is -2.15. The van der Waals surface area contributed by atoms with Gasteiger partial charge in [-0.15, -0.1) is 0 Å². The van der Waals surface area contributed by atoms with Crippen LogP contribution < -0.4 is 109 Å². The molecule has 0 saturated carbocycles. The number of fused-ring (bicyclic) bond motifs is 16. The maximum Gasteiger partial charge on any atom is 0.530 e. The van der Waals surface area contributed by atoms with E-state index >= 15 is 0 Å². The van der Waals surface area contributed by atoms with Crippen molar-refractivity contribution in [1.82, 2.24) is 0 Å². The average Bonchev–Trinajstić information content (AvgIpc) is 0.965. The van der Waals surface area contributed by atoms with Crippen molar-refractivity contribution in [3.8, 4) is 138 Å². The first-order chi connectivity index (χ1) is 59.1. The molecule has 32 heteroatoms. The summed E-state index contributed by atoms with van der Waals surface area (Å²) in [6.45, 7) is 8.59. The second-order valence-electron chi connectivity index (χ2n) is 28.6. The first-order valence-electron chi connectivity index (χ1n) is 39.3. The highest BCUT2D eigenvalue weighted by Crippen LogP contribution is 2.67. The normalized spacial score (nSPS) is 18.2. The second kappa shape index (κ2) is 33.4. The van der Waals surface area contributed by atoms with Crippen LogP contribution in [0, 0.1) is 0 Å². The SMILES string of the molecule is CCCC1c2cc(c(OP3Oc4ccccc4O3)cc2OP2Oc3ccccc3O2)C(CCC)c2cc(c(OP3Oc4ccccc4O3)cc2OP2Oc3ccccc3O2)C(CCC)c2cc(c(OP3Oc4ccccc4O3)cc2OP2Oc3ccccc3O2)C(CCC)c2cc1c(OP1Oc3ccccc3O1)cc2OP1Oc2ccccc2O1. The van der Waals surface area contributed by atoms with Crippen molar-refractivity contribution in [3.63, 3.8) is 0 Å². The highest BCUT2D eigenvalue weighted by atomic mass is 31.2. The summed E-state index contributed by atoms with van der Waals surface area (Å²) in [5.74, 6) is 8.33. The monoisotopic (exact) mass is 1760 g/mol. The van der Waals surface area contributed by atoms with Crippen molar-refractivity contribution in [2.24, 2.45) is 0 Å². The molecule has 1 aliphatic carbocycles. The quantitative estimate of drug-likeness (QED) is 0.0513. The molecule has 0 fully saturated rings. The maximum atomic E-state index is 7.41. The van der Waals surface area contributed by atoms with Gasteiger partial charge in [0.15, 0.2) is 92.0 Å². The molecular formula is C88H72O24P8. The minimum atomic E-state index is -2.21. The van der Waals surface area contributed by atoms with E-state index in [9.17, 15) is 0 Å². The third kappa shape index (κ3) is 15.3. The minimum Gasteiger partial charge on any atom is -0.408 e. The molecule has 0 spiro atoms. The molecule has 8 heterocycles. The molecule has 0 aromatic heterocycles. The molecule has 21 rings (SSSR count). The van der Waals surface area contributed by atoms with Gasteiger partial charge in [0.05, 0.1) is 0 Å². The zero-order valence-electron chi connectivity index (χ0n) is 64.4. The molecule has 0 unspecified atom stereocenters. The van der Waals surface area contributed by atoms with Gasteiger partial charge in [-0.3, -0.25) is 0 Å². The van der Waals surface area contributed by atoms with Gasteiger partial charge in [-0.05, 0) is 147 Å². The van der Waals surface area contributed by atoms with Crippen molar-refractivity contribution < 1.29 is 109 Å². The van der Waals surface area contributed by atoms with Gasteiger partial charge in [0, 0.05) is 92.4 Å². The smallest absolute Gasteiger partial charge is 0.408 e. The van der Waals surface area contributed by atoms with Crippen molar-refractivity contribution in [2.45, 2.75) is 103 Å². The highest BCUT2D eigenvalue weighted by Gasteiger charge is 2.45. The summed E-state index contributed by atoms with van der Waals surface area (Å²) in [6.07, 6.45) is 4.31. The maximum absolute atomic E-state index is 7.41. The van der Waals surface area contributed by atoms with Gasteiger partial charge < -0.3 is 109 Å². The van der Waals surface area contributed by atoms with E-state index in [1.807, 2.05) is 218 Å². The van der Waals surface area contributed by atoms with E-state index < -0.39 is 92.5 Å². The molecule has 12 aromatic carbocycles. The van der Waals surface area contributed by atoms with Crippen molar-refractivity contribution in [2.75, 3.05) is 0 Å². The van der Waals surface area contributed by atoms with E-state index in [1.54, 1.807) is 0 Å². The lowest BCUT2D eigenvalue weighted by Gasteiger charge is -2.32. The predicted octanol–water partition coefficient (Wildman–Crippen LogP) is 28.3. The van der Waals surface area contributed by atoms with Crippen LogP contribution in [0.5, 0.6) is 138 Å². The van der Waals surface area contributed by atoms with Gasteiger partial charge in [0.2, 0.25) is 0 Å². The molecule has 0 radical (unpaired) electrons. The number of hydrogen-bond donors (Lipinski definition) is 0. The Morgan fingerprint density at radius 1 is 0.175 bits per heavy atom. The fraction of sp³-hybridized carbons (Fsp3) is 0.182. The van der Waals surface area contributed by atoms with Gasteiger partial charge in [0.25, 0.3) is 0 Å². The molecule has 8 aliphatic heterocycles. The molecule has 8 bridgehead atoms. The minimum absolute atomic E-state index is 0.348. The first kappa shape index (κ1) is 76.7. The first-order valence-corrected chi connectivity index (χ1v) is 48.1. The van der Waals surface area contributed by atoms with Crippen LogP contribution in [0.3, 0.4) is 0 Å². The molecule has 9 aliphatic rings. The Balaban J connectivity index is 0.856. The summed E-state index contributed by atoms with van der Waals surface area (Å²) in [5.41, 5.74) is 5.47. The lowest BCUT2D eigenvalue weighted by molar-refractivity contribution is 0.416. The third-order valence-electron chi connectivity index (χ3n) is 20.8. The van der Waals surface area contributed by atoms with Gasteiger partial charge in [-0.25, -0.2) is 0 Å². The highest BCUT2D eigenvalue weighted by molar-refractivity contribution is 7.45. The zero-order valence-corrected chi connectivity index (χ0v) is 71.6. The largest absolute Gasteiger partial charge is 0.530 e. The Morgan fingerprint density at radius 3 is 0.383 bits per heavy atom. The molecule has 608 valence electrons. The molecule has 0 saturated heterocycles. The van der Waals surface area contributed by atoms with E-state index in [0.29, 0.717) is 234 Å². The summed E-state index contributed by atoms with van der Waals surface area (Å²) in [4.78, 5) is 0. The van der Waals surface area contributed by atoms with E-state index in [1.165, 1.54) is 0 Å². The van der Waals surface area contributed by atoms with E-state index in [4.69, 9.17) is 109 Å². The van der Waals surface area contributed by atoms with Gasteiger partial charge in [0.1, 0.15) is 46.0 Å². The molecule has 120 heavy (non-hydrogen) atoms. The Hall–Kier alpha value is -10.7. The summed E-state index contributed by atoms with van der Waals surface area (Å²) >= 11 is 0. The van der Waals surface area contributed by atoms with Crippen molar-refractivity contribution >= 4 is 68.8 Å². The number of benzene rings is 12. The second-order valence-corrected chi connectivity index (χ2v) is 36.6. The summed E-state index contributed by atoms with van der Waals surface area (Å²) in [5, 5.41) is 0. The molecule has 0 N–H and O–H groups in total. The van der Waals surface area contributed by atoms with Crippen LogP contribution in [0.15, 0.2) is 243 Å². The summed E-state index contributed by atoms with van der Waals surface area (Å²) in [7, 11) is -17.7. The van der Waals surface area contributed by atoms with Crippen LogP contribution in [0.2, 0.25) is 0 Å². The number of hydrogen-bond acceptors (Lipinski definition) is 24. The Bertz CT molecular complexity index is 4670. The Morgan fingerprint density at radius 2 is 0.283 bits per heavy atom. The molecule has 0 amide bonds. The van der Waals surface area contributed by atoms with Crippen LogP contribution in [0.25, 0.3) is 0 Å². The van der Waals surface area contributed by atoms with Gasteiger partial charge in [-0.2, -0.15) is 0 Å². The van der Waals surface area contributed by atoms with E-state index in [-0.39, 0.29) is 0 Å². The van der Waals surface area contributed by atoms with Gasteiger partial charge >= 0.3 is 68.8 Å². The van der Waals surface area contributed by atoms with Crippen LogP contribution >= 0.6 is 68.8 Å². The predicted molar refractivity (Wildman–Crippen MR) is 455 cm³/mol. The standard InChI is InChI=1S/C88H72O24P8/c1-5-25-53-57-45-59(83(107-115-93-69-33-13-14-34-70(69)94-115)49-81(57)105-113-89-65-29-9-10-30-66(65)90-113)54(26-6-2)61-47-63(87(111-119-101-77-41-21-22-42-78(77)102-119)51-85(61)109-117-97-73-37-17-18-38-74(73)98-117)56(28-8-4)64-48-62(86(110-118-99-75-39-19-20-40-76(75)100-118)52-88(64)112-120-103-79-43-23-24-44-80(79)104-120)55(27-7-3)60-46-58(53)82(106-114-91-67-31-11-12-32-68(67)92-114)50-84(60)108-116-95-71-35-15-16-36-72(71)96-116/h9-24,29-56H,5-8,25-28H2,1-4H3. The van der Waals surface area contributed by atoms with Crippen LogP contribution in [0.1, 0.15) is 147 Å². The molecule has 0 atom stereocenters. The molecule has 12 aromatic rings. The van der Waals surface area contributed by atoms with Crippen LogP contribution in [-0.2, 0) is 0 Å². The topological polar surface area (TPSA) is 222 Å². The summed E-state index contributed by atoms with van der Waals surface area (Å²) < 4.78 is 166. The van der Waals surface area contributed by atoms with Crippen LogP contribution in [-0.4, -0.2) is 0 Å². The molecular weight excluding hydrogens is 1690 g/mol. The van der Waals surface area contributed by atoms with Crippen molar-refractivity contribution in [3.05, 3.63) is 287 Å². The average molecular weight is 1760 g/mol. The van der Waals surface area contributed by atoms with Gasteiger partial charge in [-0.1, -0.05) is 150 Å². The van der Waals surface area contributed by atoms with Crippen molar-refractivity contribution in [1.29, 1.82) is 0 Å². The number of rotatable bonds is 24. The van der Waals surface area contributed by atoms with E-state index in [2.05, 4.69) is 52.0 Å². The fourth-order valence-corrected chi connectivity index (χ4v) is 23.9. The van der Waals surface area contributed by atoms with Crippen LogP contribution in [0.4, 0.5) is 0 Å². The Labute approximate surface area is 701 Å². The molecule has 24 nitrogen and oxygen atoms in total. The zero-order chi connectivity index (χ0) is 80.3.